The summed E-state index contributed by atoms with van der Waals surface area (Å²) in [4.78, 5) is 24.7. The van der Waals surface area contributed by atoms with Crippen LogP contribution in [0.2, 0.25) is 10.0 Å². The fraction of sp³-hybridized carbons (Fsp3) is 0.353. The number of hydrogen-bond acceptors (Lipinski definition) is 5. The van der Waals surface area contributed by atoms with Crippen LogP contribution in [-0.2, 0) is 16.1 Å². The minimum Gasteiger partial charge on any atom is -0.458 e. The number of nitrogens with one attached hydrogen (secondary N) is 1. The Labute approximate surface area is 155 Å². The summed E-state index contributed by atoms with van der Waals surface area (Å²) < 4.78 is 10.1. The number of carbonyl (C=O) groups excluding carboxylic acids is 2. The summed E-state index contributed by atoms with van der Waals surface area (Å²) in [7, 11) is 0. The normalized spacial score (nSPS) is 12.1. The van der Waals surface area contributed by atoms with Crippen LogP contribution in [0.25, 0.3) is 0 Å². The fourth-order valence-electron chi connectivity index (χ4n) is 2.11. The van der Waals surface area contributed by atoms with E-state index in [1.807, 2.05) is 0 Å². The summed E-state index contributed by atoms with van der Waals surface area (Å²) in [6, 6.07) is 5.36. The highest BCUT2D eigenvalue weighted by molar-refractivity contribution is 6.36. The molecule has 2 rings (SSSR count). The van der Waals surface area contributed by atoms with Gasteiger partial charge in [-0.1, -0.05) is 42.2 Å². The molecule has 6 nitrogen and oxygen atoms in total. The van der Waals surface area contributed by atoms with Gasteiger partial charge in [-0.3, -0.25) is 4.79 Å². The van der Waals surface area contributed by atoms with Crippen LogP contribution in [0.15, 0.2) is 28.8 Å². The second-order valence-electron chi connectivity index (χ2n) is 5.86. The molecule has 1 aromatic heterocycles. The minimum absolute atomic E-state index is 0.0308. The molecule has 1 N–H and O–H groups in total. The van der Waals surface area contributed by atoms with Crippen LogP contribution in [0.3, 0.4) is 0 Å². The zero-order valence-corrected chi connectivity index (χ0v) is 15.5. The van der Waals surface area contributed by atoms with Crippen molar-refractivity contribution in [2.75, 3.05) is 0 Å². The van der Waals surface area contributed by atoms with Gasteiger partial charge in [0.05, 0.1) is 10.6 Å². The number of amides is 1. The third-order valence-electron chi connectivity index (χ3n) is 3.42. The lowest BCUT2D eigenvalue weighted by Crippen LogP contribution is -2.45. The van der Waals surface area contributed by atoms with Gasteiger partial charge in [-0.15, -0.1) is 0 Å². The van der Waals surface area contributed by atoms with Crippen LogP contribution in [0.5, 0.6) is 0 Å². The van der Waals surface area contributed by atoms with Gasteiger partial charge in [-0.25, -0.2) is 4.79 Å². The second kappa shape index (κ2) is 8.36. The molecule has 0 aliphatic heterocycles. The van der Waals surface area contributed by atoms with E-state index >= 15 is 0 Å². The molecular formula is C17H18Cl2N2O4. The molecule has 0 bridgehead atoms. The predicted octanol–water partition coefficient (Wildman–Crippen LogP) is 3.79. The van der Waals surface area contributed by atoms with Crippen molar-refractivity contribution in [3.63, 3.8) is 0 Å². The highest BCUT2D eigenvalue weighted by Crippen LogP contribution is 2.21. The molecule has 134 valence electrons. The molecule has 8 heteroatoms. The van der Waals surface area contributed by atoms with Gasteiger partial charge in [-0.05, 0) is 31.0 Å². The molecule has 1 atom stereocenters. The first-order chi connectivity index (χ1) is 11.8. The van der Waals surface area contributed by atoms with E-state index in [1.165, 1.54) is 12.1 Å². The van der Waals surface area contributed by atoms with Gasteiger partial charge < -0.3 is 14.6 Å². The van der Waals surface area contributed by atoms with Gasteiger partial charge >= 0.3 is 5.97 Å². The highest BCUT2D eigenvalue weighted by Gasteiger charge is 2.27. The van der Waals surface area contributed by atoms with E-state index in [0.717, 1.165) is 0 Å². The summed E-state index contributed by atoms with van der Waals surface area (Å²) in [5, 5.41) is 7.03. The van der Waals surface area contributed by atoms with E-state index in [-0.39, 0.29) is 23.1 Å². The van der Waals surface area contributed by atoms with Gasteiger partial charge in [-0.2, -0.15) is 0 Å². The Kier molecular flexibility index (Phi) is 6.45. The monoisotopic (exact) mass is 384 g/mol. The summed E-state index contributed by atoms with van der Waals surface area (Å²) in [5.74, 6) is -0.595. The zero-order chi connectivity index (χ0) is 18.6. The number of hydrogen-bond donors (Lipinski definition) is 1. The van der Waals surface area contributed by atoms with Crippen molar-refractivity contribution in [1.29, 1.82) is 0 Å². The van der Waals surface area contributed by atoms with Gasteiger partial charge in [0.25, 0.3) is 5.91 Å². The van der Waals surface area contributed by atoms with Crippen LogP contribution in [0, 0.1) is 12.8 Å². The van der Waals surface area contributed by atoms with Gasteiger partial charge in [0, 0.05) is 11.1 Å². The smallest absolute Gasteiger partial charge is 0.329 e. The third kappa shape index (κ3) is 5.21. The third-order valence-corrected chi connectivity index (χ3v) is 3.97. The molecule has 0 saturated heterocycles. The fourth-order valence-corrected chi connectivity index (χ4v) is 2.61. The number of aryl methyl sites for hydroxylation is 1. The van der Waals surface area contributed by atoms with E-state index in [0.29, 0.717) is 16.5 Å². The number of halogens is 2. The maximum absolute atomic E-state index is 12.4. The molecule has 1 heterocycles. The molecule has 1 aromatic carbocycles. The molecule has 0 aliphatic rings. The quantitative estimate of drug-likeness (QED) is 0.766. The lowest BCUT2D eigenvalue weighted by molar-refractivity contribution is -0.148. The average Bonchev–Trinajstić information content (AvgIpc) is 2.95. The highest BCUT2D eigenvalue weighted by atomic mass is 35.5. The summed E-state index contributed by atoms with van der Waals surface area (Å²) in [6.45, 7) is 5.31. The molecule has 0 aliphatic carbocycles. The van der Waals surface area contributed by atoms with Crippen LogP contribution < -0.4 is 5.32 Å². The van der Waals surface area contributed by atoms with E-state index < -0.39 is 17.9 Å². The van der Waals surface area contributed by atoms with Gasteiger partial charge in [0.1, 0.15) is 24.1 Å². The standard InChI is InChI=1S/C17H18Cl2N2O4/c1-9(2)15(17(23)24-8-12-6-10(3)25-21-12)20-16(22)13-5-4-11(18)7-14(13)19/h4-7,9,15H,8H2,1-3H3,(H,20,22)/t15-/m0/s1. The van der Waals surface area contributed by atoms with Crippen molar-refractivity contribution in [3.8, 4) is 0 Å². The maximum Gasteiger partial charge on any atom is 0.329 e. The van der Waals surface area contributed by atoms with E-state index in [9.17, 15) is 9.59 Å². The Morgan fingerprint density at radius 3 is 2.56 bits per heavy atom. The largest absolute Gasteiger partial charge is 0.458 e. The number of rotatable bonds is 6. The average molecular weight is 385 g/mol. The lowest BCUT2D eigenvalue weighted by atomic mass is 10.0. The molecular weight excluding hydrogens is 367 g/mol. The maximum atomic E-state index is 12.4. The van der Waals surface area contributed by atoms with Crippen molar-refractivity contribution in [1.82, 2.24) is 10.5 Å². The van der Waals surface area contributed by atoms with Crippen molar-refractivity contribution in [2.24, 2.45) is 5.92 Å². The van der Waals surface area contributed by atoms with Gasteiger partial charge in [0.15, 0.2) is 0 Å². The van der Waals surface area contributed by atoms with Crippen molar-refractivity contribution < 1.29 is 18.8 Å². The Bertz CT molecular complexity index is 774. The van der Waals surface area contributed by atoms with E-state index in [2.05, 4.69) is 10.5 Å². The first kappa shape index (κ1) is 19.3. The SMILES string of the molecule is Cc1cc(COC(=O)[C@@H](NC(=O)c2ccc(Cl)cc2Cl)C(C)C)no1. The summed E-state index contributed by atoms with van der Waals surface area (Å²) >= 11 is 11.9. The molecule has 0 fully saturated rings. The second-order valence-corrected chi connectivity index (χ2v) is 6.70. The summed E-state index contributed by atoms with van der Waals surface area (Å²) in [6.07, 6.45) is 0. The molecule has 0 unspecified atom stereocenters. The lowest BCUT2D eigenvalue weighted by Gasteiger charge is -2.21. The van der Waals surface area contributed by atoms with E-state index in [1.54, 1.807) is 32.9 Å². The first-order valence-corrected chi connectivity index (χ1v) is 8.38. The number of nitrogens with zero attached hydrogens (tertiary/aromatic N) is 1. The molecule has 2 aromatic rings. The van der Waals surface area contributed by atoms with Crippen LogP contribution >= 0.6 is 23.2 Å². The van der Waals surface area contributed by atoms with Crippen molar-refractivity contribution in [2.45, 2.75) is 33.4 Å². The molecule has 1 amide bonds. The number of aromatic nitrogens is 1. The van der Waals surface area contributed by atoms with Crippen LogP contribution in [0.4, 0.5) is 0 Å². The Hall–Kier alpha value is -2.05. The first-order valence-electron chi connectivity index (χ1n) is 7.62. The Balaban J connectivity index is 2.04. The minimum atomic E-state index is -0.827. The Morgan fingerprint density at radius 2 is 2.00 bits per heavy atom. The van der Waals surface area contributed by atoms with Crippen LogP contribution in [-0.4, -0.2) is 23.1 Å². The van der Waals surface area contributed by atoms with Crippen LogP contribution in [0.1, 0.15) is 35.7 Å². The molecule has 0 saturated carbocycles. The van der Waals surface area contributed by atoms with Crippen molar-refractivity contribution >= 4 is 35.1 Å². The van der Waals surface area contributed by atoms with E-state index in [4.69, 9.17) is 32.5 Å². The molecule has 0 radical (unpaired) electrons. The number of esters is 1. The number of ether oxygens (including phenoxy) is 1. The predicted molar refractivity (Wildman–Crippen MR) is 93.6 cm³/mol. The molecule has 25 heavy (non-hydrogen) atoms. The number of carbonyl (C=O) groups is 2. The number of benzene rings is 1. The van der Waals surface area contributed by atoms with Crippen molar-refractivity contribution in [3.05, 3.63) is 51.3 Å². The summed E-state index contributed by atoms with van der Waals surface area (Å²) in [5.41, 5.74) is 0.733. The topological polar surface area (TPSA) is 81.4 Å². The zero-order valence-electron chi connectivity index (χ0n) is 14.0. The van der Waals surface area contributed by atoms with Gasteiger partial charge in [0.2, 0.25) is 0 Å². The molecule has 0 spiro atoms. The Morgan fingerprint density at radius 1 is 1.28 bits per heavy atom.